The molecule has 1 amide bonds. The van der Waals surface area contributed by atoms with Crippen LogP contribution in [0.15, 0.2) is 17.5 Å². The van der Waals surface area contributed by atoms with E-state index in [1.54, 1.807) is 17.3 Å². The first-order chi connectivity index (χ1) is 9.89. The third kappa shape index (κ3) is 4.09. The van der Waals surface area contributed by atoms with E-state index in [1.807, 2.05) is 20.8 Å². The van der Waals surface area contributed by atoms with Gasteiger partial charge in [0.05, 0.1) is 31.0 Å². The number of hydrogen-bond acceptors (Lipinski definition) is 5. The van der Waals surface area contributed by atoms with Crippen molar-refractivity contribution in [3.8, 4) is 0 Å². The number of nitrogens with zero attached hydrogens (tertiary/aromatic N) is 7. The highest BCUT2D eigenvalue weighted by Gasteiger charge is 2.37. The molecule has 1 aromatic rings. The van der Waals surface area contributed by atoms with E-state index in [0.29, 0.717) is 19.5 Å². The molecule has 1 aliphatic heterocycles. The molecular weight excluding hydrogens is 274 g/mol. The smallest absolute Gasteiger partial charge is 0.410 e. The molecule has 0 unspecified atom stereocenters. The summed E-state index contributed by atoms with van der Waals surface area (Å²) in [6.07, 6.45) is 3.33. The van der Waals surface area contributed by atoms with Crippen molar-refractivity contribution >= 4 is 6.09 Å². The van der Waals surface area contributed by atoms with E-state index in [2.05, 4.69) is 20.2 Å². The van der Waals surface area contributed by atoms with Crippen molar-refractivity contribution in [1.29, 1.82) is 0 Å². The van der Waals surface area contributed by atoms with Crippen LogP contribution in [0.25, 0.3) is 10.4 Å². The highest BCUT2D eigenvalue weighted by atomic mass is 16.6. The Morgan fingerprint density at radius 3 is 2.71 bits per heavy atom. The van der Waals surface area contributed by atoms with Crippen LogP contribution < -0.4 is 0 Å². The van der Waals surface area contributed by atoms with Gasteiger partial charge in [0.25, 0.3) is 0 Å². The van der Waals surface area contributed by atoms with Crippen molar-refractivity contribution in [2.24, 2.45) is 5.11 Å². The molecule has 21 heavy (non-hydrogen) atoms. The summed E-state index contributed by atoms with van der Waals surface area (Å²) in [6.45, 7) is 6.25. The van der Waals surface area contributed by atoms with Gasteiger partial charge in [0.15, 0.2) is 0 Å². The highest BCUT2D eigenvalue weighted by molar-refractivity contribution is 5.69. The Labute approximate surface area is 122 Å². The van der Waals surface area contributed by atoms with E-state index < -0.39 is 11.7 Å². The van der Waals surface area contributed by atoms with E-state index in [1.165, 1.54) is 4.80 Å². The number of azide groups is 1. The number of aromatic nitrogens is 3. The molecule has 1 saturated heterocycles. The second-order valence-corrected chi connectivity index (χ2v) is 5.96. The predicted octanol–water partition coefficient (Wildman–Crippen LogP) is 1.97. The third-order valence-electron chi connectivity index (χ3n) is 3.08. The Balaban J connectivity index is 2.10. The Hall–Kier alpha value is -2.28. The number of amides is 1. The summed E-state index contributed by atoms with van der Waals surface area (Å²) >= 11 is 0. The van der Waals surface area contributed by atoms with Gasteiger partial charge in [0.2, 0.25) is 0 Å². The van der Waals surface area contributed by atoms with Gasteiger partial charge >= 0.3 is 6.09 Å². The van der Waals surface area contributed by atoms with Crippen LogP contribution in [-0.4, -0.2) is 50.2 Å². The van der Waals surface area contributed by atoms with Crippen molar-refractivity contribution in [2.45, 2.75) is 51.4 Å². The van der Waals surface area contributed by atoms with E-state index in [4.69, 9.17) is 10.3 Å². The average Bonchev–Trinajstić information content (AvgIpc) is 2.98. The predicted molar refractivity (Wildman–Crippen MR) is 74.3 cm³/mol. The van der Waals surface area contributed by atoms with Crippen molar-refractivity contribution in [1.82, 2.24) is 19.9 Å². The molecule has 0 spiro atoms. The van der Waals surface area contributed by atoms with E-state index >= 15 is 0 Å². The second kappa shape index (κ2) is 6.01. The van der Waals surface area contributed by atoms with Crippen LogP contribution >= 0.6 is 0 Å². The quantitative estimate of drug-likeness (QED) is 0.482. The van der Waals surface area contributed by atoms with Gasteiger partial charge in [-0.2, -0.15) is 15.0 Å². The topological polar surface area (TPSA) is 109 Å². The zero-order valence-corrected chi connectivity index (χ0v) is 12.4. The molecule has 0 radical (unpaired) electrons. The summed E-state index contributed by atoms with van der Waals surface area (Å²) in [4.78, 5) is 18.2. The number of likely N-dealkylation sites (tertiary alicyclic amines) is 1. The molecule has 0 aliphatic carbocycles. The first kappa shape index (κ1) is 15.1. The highest BCUT2D eigenvalue weighted by Crippen LogP contribution is 2.24. The largest absolute Gasteiger partial charge is 0.444 e. The fraction of sp³-hybridized carbons (Fsp3) is 0.750. The Morgan fingerprint density at radius 2 is 2.14 bits per heavy atom. The summed E-state index contributed by atoms with van der Waals surface area (Å²) in [5.41, 5.74) is 8.01. The first-order valence-electron chi connectivity index (χ1n) is 6.77. The maximum absolute atomic E-state index is 12.3. The molecule has 1 aromatic heterocycles. The van der Waals surface area contributed by atoms with Gasteiger partial charge in [0.1, 0.15) is 5.60 Å². The summed E-state index contributed by atoms with van der Waals surface area (Å²) in [6, 6.07) is -0.397. The molecule has 0 bridgehead atoms. The van der Waals surface area contributed by atoms with Gasteiger partial charge in [-0.3, -0.25) is 0 Å². The van der Waals surface area contributed by atoms with Crippen LogP contribution in [0.1, 0.15) is 27.2 Å². The minimum atomic E-state index is -0.567. The lowest BCUT2D eigenvalue weighted by atomic mass is 10.2. The lowest BCUT2D eigenvalue weighted by Gasteiger charge is -2.28. The standard InChI is InChI=1S/C12H19N7O2/c1-12(2,3)21-11(20)18-7-9(16-17-13)6-10(18)8-19-14-4-5-15-19/h4-5,9-10H,6-8H2,1-3H3/t9-,10+/m1/s1. The molecule has 2 atom stereocenters. The number of hydrogen-bond donors (Lipinski definition) is 0. The third-order valence-corrected chi connectivity index (χ3v) is 3.08. The first-order valence-corrected chi connectivity index (χ1v) is 6.77. The summed E-state index contributed by atoms with van der Waals surface area (Å²) in [7, 11) is 0. The van der Waals surface area contributed by atoms with Crippen molar-refractivity contribution in [3.05, 3.63) is 22.8 Å². The molecule has 1 aliphatic rings. The fourth-order valence-corrected chi connectivity index (χ4v) is 2.29. The molecule has 9 nitrogen and oxygen atoms in total. The van der Waals surface area contributed by atoms with Crippen LogP contribution in [0.3, 0.4) is 0 Å². The average molecular weight is 293 g/mol. The lowest BCUT2D eigenvalue weighted by Crippen LogP contribution is -2.42. The van der Waals surface area contributed by atoms with Gasteiger partial charge < -0.3 is 9.64 Å². The van der Waals surface area contributed by atoms with E-state index in [9.17, 15) is 4.79 Å². The molecule has 114 valence electrons. The van der Waals surface area contributed by atoms with Crippen LogP contribution in [0, 0.1) is 0 Å². The SMILES string of the molecule is CC(C)(C)OC(=O)N1C[C@H](N=[N+]=[N-])C[C@H]1Cn1nccn1. The maximum Gasteiger partial charge on any atom is 0.410 e. The normalized spacial score (nSPS) is 22.0. The Kier molecular flexibility index (Phi) is 4.32. The number of rotatable bonds is 3. The van der Waals surface area contributed by atoms with Crippen molar-refractivity contribution < 1.29 is 9.53 Å². The zero-order chi connectivity index (χ0) is 15.5. The zero-order valence-electron chi connectivity index (χ0n) is 12.4. The second-order valence-electron chi connectivity index (χ2n) is 5.96. The van der Waals surface area contributed by atoms with Gasteiger partial charge in [-0.05, 0) is 32.7 Å². The fourth-order valence-electron chi connectivity index (χ4n) is 2.29. The van der Waals surface area contributed by atoms with Crippen LogP contribution in [0.5, 0.6) is 0 Å². The number of ether oxygens (including phenoxy) is 1. The molecule has 0 N–H and O–H groups in total. The minimum absolute atomic E-state index is 0.150. The maximum atomic E-state index is 12.3. The summed E-state index contributed by atoms with van der Waals surface area (Å²) in [5, 5.41) is 11.8. The van der Waals surface area contributed by atoms with Gasteiger partial charge in [-0.1, -0.05) is 5.11 Å². The Morgan fingerprint density at radius 1 is 1.48 bits per heavy atom. The molecule has 0 aromatic carbocycles. The van der Waals surface area contributed by atoms with Crippen LogP contribution in [0.2, 0.25) is 0 Å². The van der Waals surface area contributed by atoms with E-state index in [-0.39, 0.29) is 12.1 Å². The monoisotopic (exact) mass is 293 g/mol. The van der Waals surface area contributed by atoms with Gasteiger partial charge in [-0.15, -0.1) is 0 Å². The van der Waals surface area contributed by atoms with Gasteiger partial charge in [-0.25, -0.2) is 4.79 Å². The molecule has 0 saturated carbocycles. The van der Waals surface area contributed by atoms with Crippen LogP contribution in [0.4, 0.5) is 4.79 Å². The Bertz CT molecular complexity index is 530. The molecule has 1 fully saturated rings. The lowest BCUT2D eigenvalue weighted by molar-refractivity contribution is 0.0207. The minimum Gasteiger partial charge on any atom is -0.444 e. The van der Waals surface area contributed by atoms with Crippen molar-refractivity contribution in [3.63, 3.8) is 0 Å². The van der Waals surface area contributed by atoms with Gasteiger partial charge in [0, 0.05) is 11.5 Å². The van der Waals surface area contributed by atoms with Crippen LogP contribution in [-0.2, 0) is 11.3 Å². The number of carbonyl (C=O) groups is 1. The number of carbonyl (C=O) groups excluding carboxylic acids is 1. The molecule has 9 heteroatoms. The molecule has 2 rings (SSSR count). The van der Waals surface area contributed by atoms with E-state index in [0.717, 1.165) is 0 Å². The molecule has 2 heterocycles. The van der Waals surface area contributed by atoms with Crippen molar-refractivity contribution in [2.75, 3.05) is 6.54 Å². The summed E-state index contributed by atoms with van der Waals surface area (Å²) in [5.74, 6) is 0. The summed E-state index contributed by atoms with van der Waals surface area (Å²) < 4.78 is 5.40. The molecular formula is C12H19N7O2.